The minimum Gasteiger partial charge on any atom is -0.465 e. The van der Waals surface area contributed by atoms with Gasteiger partial charge in [0.2, 0.25) is 10.0 Å². The molecule has 0 saturated carbocycles. The highest BCUT2D eigenvalue weighted by Crippen LogP contribution is 2.18. The van der Waals surface area contributed by atoms with Crippen molar-refractivity contribution in [2.24, 2.45) is 0 Å². The molecule has 1 N–H and O–H groups in total. The number of sulfonamides is 1. The Morgan fingerprint density at radius 3 is 2.74 bits per heavy atom. The maximum absolute atomic E-state index is 13.2. The minimum atomic E-state index is -4.03. The third-order valence-corrected chi connectivity index (χ3v) is 3.61. The zero-order valence-corrected chi connectivity index (χ0v) is 11.2. The van der Waals surface area contributed by atoms with Crippen LogP contribution in [0.4, 0.5) is 4.39 Å². The Balaban J connectivity index is 3.26. The van der Waals surface area contributed by atoms with Crippen LogP contribution in [0.2, 0.25) is 0 Å². The fourth-order valence-corrected chi connectivity index (χ4v) is 2.42. The van der Waals surface area contributed by atoms with Gasteiger partial charge in [0.1, 0.15) is 5.82 Å². The number of ether oxygens (including phenoxy) is 1. The molecule has 0 aliphatic carbocycles. The molecule has 0 aromatic heterocycles. The van der Waals surface area contributed by atoms with Gasteiger partial charge in [-0.15, -0.1) is 5.92 Å². The van der Waals surface area contributed by atoms with E-state index >= 15 is 0 Å². The third kappa shape index (κ3) is 3.77. The molecule has 1 aromatic carbocycles. The average Bonchev–Trinajstić information content (AvgIpc) is 2.38. The van der Waals surface area contributed by atoms with Crippen molar-refractivity contribution in [2.45, 2.75) is 11.8 Å². The zero-order valence-electron chi connectivity index (χ0n) is 10.4. The Morgan fingerprint density at radius 2 is 2.16 bits per heavy atom. The molecule has 7 heteroatoms. The van der Waals surface area contributed by atoms with Gasteiger partial charge in [0, 0.05) is 0 Å². The van der Waals surface area contributed by atoms with E-state index in [2.05, 4.69) is 21.3 Å². The van der Waals surface area contributed by atoms with Crippen molar-refractivity contribution in [3.63, 3.8) is 0 Å². The monoisotopic (exact) mass is 285 g/mol. The normalized spacial score (nSPS) is 10.5. The highest BCUT2D eigenvalue weighted by molar-refractivity contribution is 7.89. The first-order valence-electron chi connectivity index (χ1n) is 5.19. The molecule has 0 aliphatic heterocycles. The van der Waals surface area contributed by atoms with Crippen molar-refractivity contribution in [2.75, 3.05) is 13.7 Å². The molecule has 5 nitrogen and oxygen atoms in total. The molecular formula is C12H12FNO4S. The summed E-state index contributed by atoms with van der Waals surface area (Å²) < 4.78 is 43.7. The van der Waals surface area contributed by atoms with Gasteiger partial charge in [0.05, 0.1) is 24.1 Å². The second-order valence-electron chi connectivity index (χ2n) is 3.38. The Bertz CT molecular complexity index is 643. The molecule has 19 heavy (non-hydrogen) atoms. The van der Waals surface area contributed by atoms with Gasteiger partial charge in [-0.05, 0) is 25.1 Å². The molecule has 0 radical (unpaired) electrons. The number of carbonyl (C=O) groups excluding carboxylic acids is 1. The summed E-state index contributed by atoms with van der Waals surface area (Å²) in [5, 5.41) is 0. The van der Waals surface area contributed by atoms with E-state index in [0.29, 0.717) is 0 Å². The summed E-state index contributed by atoms with van der Waals surface area (Å²) in [7, 11) is -2.92. The van der Waals surface area contributed by atoms with Crippen molar-refractivity contribution in [3.8, 4) is 11.8 Å². The van der Waals surface area contributed by atoms with E-state index < -0.39 is 26.7 Å². The van der Waals surface area contributed by atoms with E-state index in [-0.39, 0.29) is 12.1 Å². The summed E-state index contributed by atoms with van der Waals surface area (Å²) in [6.07, 6.45) is 0. The number of benzene rings is 1. The number of esters is 1. The summed E-state index contributed by atoms with van der Waals surface area (Å²) in [4.78, 5) is 11.0. The number of carbonyl (C=O) groups is 1. The van der Waals surface area contributed by atoms with Crippen molar-refractivity contribution >= 4 is 16.0 Å². The lowest BCUT2D eigenvalue weighted by atomic mass is 10.2. The lowest BCUT2D eigenvalue weighted by molar-refractivity contribution is 0.0596. The van der Waals surface area contributed by atoms with Gasteiger partial charge in [-0.25, -0.2) is 17.6 Å². The summed E-state index contributed by atoms with van der Waals surface area (Å²) in [6, 6.07) is 2.80. The maximum Gasteiger partial charge on any atom is 0.339 e. The fraction of sp³-hybridized carbons (Fsp3) is 0.250. The smallest absolute Gasteiger partial charge is 0.339 e. The van der Waals surface area contributed by atoms with Crippen molar-refractivity contribution < 1.29 is 22.3 Å². The molecule has 1 aromatic rings. The van der Waals surface area contributed by atoms with Crippen molar-refractivity contribution in [1.82, 2.24) is 4.72 Å². The van der Waals surface area contributed by atoms with Crippen LogP contribution >= 0.6 is 0 Å². The van der Waals surface area contributed by atoms with Crippen LogP contribution in [0.5, 0.6) is 0 Å². The van der Waals surface area contributed by atoms with E-state index in [1.165, 1.54) is 0 Å². The molecule has 0 unspecified atom stereocenters. The third-order valence-electron chi connectivity index (χ3n) is 2.17. The summed E-state index contributed by atoms with van der Waals surface area (Å²) in [5.41, 5.74) is -0.235. The quantitative estimate of drug-likeness (QED) is 0.659. The second kappa shape index (κ2) is 6.31. The Labute approximate surface area is 110 Å². The fourth-order valence-electron chi connectivity index (χ4n) is 1.29. The van der Waals surface area contributed by atoms with Crippen LogP contribution in [0.3, 0.4) is 0 Å². The van der Waals surface area contributed by atoms with Crippen LogP contribution in [0, 0.1) is 17.7 Å². The molecule has 1 rings (SSSR count). The first kappa shape index (κ1) is 15.1. The largest absolute Gasteiger partial charge is 0.465 e. The van der Waals surface area contributed by atoms with Gasteiger partial charge >= 0.3 is 5.97 Å². The Kier molecular flexibility index (Phi) is 5.03. The lowest BCUT2D eigenvalue weighted by Crippen LogP contribution is -2.26. The van der Waals surface area contributed by atoms with E-state index in [4.69, 9.17) is 0 Å². The highest BCUT2D eigenvalue weighted by Gasteiger charge is 2.23. The molecule has 0 bridgehead atoms. The van der Waals surface area contributed by atoms with Crippen LogP contribution in [0.25, 0.3) is 0 Å². The molecule has 0 heterocycles. The first-order valence-corrected chi connectivity index (χ1v) is 6.68. The van der Waals surface area contributed by atoms with Crippen LogP contribution in [-0.4, -0.2) is 28.0 Å². The van der Waals surface area contributed by atoms with Crippen molar-refractivity contribution in [3.05, 3.63) is 29.6 Å². The van der Waals surface area contributed by atoms with E-state index in [0.717, 1.165) is 25.3 Å². The van der Waals surface area contributed by atoms with Crippen molar-refractivity contribution in [1.29, 1.82) is 0 Å². The number of hydrogen-bond acceptors (Lipinski definition) is 4. The number of hydrogen-bond donors (Lipinski definition) is 1. The highest BCUT2D eigenvalue weighted by atomic mass is 32.2. The summed E-state index contributed by atoms with van der Waals surface area (Å²) >= 11 is 0. The standard InChI is InChI=1S/C12H12FNO4S/c1-3-4-7-14-19(16,17)11-8-9(13)5-6-10(11)12(15)18-2/h5-6,8,14H,7H2,1-2H3. The second-order valence-corrected chi connectivity index (χ2v) is 5.12. The number of halogens is 1. The minimum absolute atomic E-state index is 0.129. The van der Waals surface area contributed by atoms with Gasteiger partial charge in [0.15, 0.2) is 0 Å². The van der Waals surface area contributed by atoms with E-state index in [9.17, 15) is 17.6 Å². The number of methoxy groups -OCH3 is 1. The summed E-state index contributed by atoms with van der Waals surface area (Å²) in [6.45, 7) is 1.42. The van der Waals surface area contributed by atoms with E-state index in [1.807, 2.05) is 0 Å². The van der Waals surface area contributed by atoms with Crippen LogP contribution in [-0.2, 0) is 14.8 Å². The van der Waals surface area contributed by atoms with Gasteiger partial charge < -0.3 is 4.74 Å². The average molecular weight is 285 g/mol. The van der Waals surface area contributed by atoms with Crippen LogP contribution < -0.4 is 4.72 Å². The van der Waals surface area contributed by atoms with Crippen LogP contribution in [0.1, 0.15) is 17.3 Å². The Hall–Kier alpha value is -1.91. The van der Waals surface area contributed by atoms with Crippen LogP contribution in [0.15, 0.2) is 23.1 Å². The molecule has 0 aliphatic rings. The number of nitrogens with one attached hydrogen (secondary N) is 1. The van der Waals surface area contributed by atoms with Gasteiger partial charge in [-0.2, -0.15) is 4.72 Å². The zero-order chi connectivity index (χ0) is 14.5. The predicted octanol–water partition coefficient (Wildman–Crippen LogP) is 0.914. The maximum atomic E-state index is 13.2. The Morgan fingerprint density at radius 1 is 1.47 bits per heavy atom. The number of rotatable bonds is 4. The molecule has 0 spiro atoms. The van der Waals surface area contributed by atoms with Gasteiger partial charge in [0.25, 0.3) is 0 Å². The molecule has 0 atom stereocenters. The lowest BCUT2D eigenvalue weighted by Gasteiger charge is -2.09. The molecule has 102 valence electrons. The molecular weight excluding hydrogens is 273 g/mol. The van der Waals surface area contributed by atoms with Gasteiger partial charge in [-0.1, -0.05) is 5.92 Å². The SMILES string of the molecule is CC#CCNS(=O)(=O)c1cc(F)ccc1C(=O)OC. The molecule has 0 fully saturated rings. The molecule has 0 saturated heterocycles. The van der Waals surface area contributed by atoms with E-state index in [1.54, 1.807) is 6.92 Å². The topological polar surface area (TPSA) is 72.5 Å². The first-order chi connectivity index (χ1) is 8.92. The predicted molar refractivity (Wildman–Crippen MR) is 66.4 cm³/mol. The summed E-state index contributed by atoms with van der Waals surface area (Å²) in [5.74, 6) is 3.38. The molecule has 0 amide bonds. The van der Waals surface area contributed by atoms with Gasteiger partial charge in [-0.3, -0.25) is 0 Å².